The van der Waals surface area contributed by atoms with Crippen LogP contribution in [0.5, 0.6) is 0 Å². The minimum absolute atomic E-state index is 0.0491. The molecule has 0 unspecified atom stereocenters. The van der Waals surface area contributed by atoms with Gasteiger partial charge in [0.15, 0.2) is 0 Å². The minimum atomic E-state index is -0.502. The third kappa shape index (κ3) is 5.02. The molecule has 1 saturated carbocycles. The first kappa shape index (κ1) is 21.0. The summed E-state index contributed by atoms with van der Waals surface area (Å²) in [5, 5.41) is 3.09. The Hall–Kier alpha value is -1.69. The van der Waals surface area contributed by atoms with E-state index in [1.165, 1.54) is 19.3 Å². The van der Waals surface area contributed by atoms with Crippen molar-refractivity contribution in [1.29, 1.82) is 0 Å². The highest BCUT2D eigenvalue weighted by Gasteiger charge is 2.45. The van der Waals surface area contributed by atoms with Crippen LogP contribution >= 0.6 is 11.8 Å². The topological polar surface area (TPSA) is 58.6 Å². The Labute approximate surface area is 172 Å². The van der Waals surface area contributed by atoms with Gasteiger partial charge in [-0.2, -0.15) is 0 Å². The van der Waals surface area contributed by atoms with E-state index in [1.807, 2.05) is 31.2 Å². The number of anilines is 1. The number of hydrogen-bond acceptors (Lipinski definition) is 4. The van der Waals surface area contributed by atoms with E-state index < -0.39 is 6.04 Å². The van der Waals surface area contributed by atoms with Gasteiger partial charge in [-0.15, -0.1) is 11.8 Å². The largest absolute Gasteiger partial charge is 0.464 e. The minimum Gasteiger partial charge on any atom is -0.464 e. The van der Waals surface area contributed by atoms with Gasteiger partial charge in [-0.25, -0.2) is 9.59 Å². The lowest BCUT2D eigenvalue weighted by atomic mass is 9.88. The summed E-state index contributed by atoms with van der Waals surface area (Å²) in [6, 6.07) is 7.06. The average Bonchev–Trinajstić information content (AvgIpc) is 3.16. The first-order valence-electron chi connectivity index (χ1n) is 10.5. The van der Waals surface area contributed by atoms with Crippen LogP contribution in [0.25, 0.3) is 0 Å². The first-order valence-corrected chi connectivity index (χ1v) is 11.6. The number of carbonyl (C=O) groups excluding carboxylic acids is 2. The van der Waals surface area contributed by atoms with Gasteiger partial charge < -0.3 is 10.1 Å². The number of rotatable bonds is 6. The van der Waals surface area contributed by atoms with Crippen molar-refractivity contribution in [1.82, 2.24) is 4.90 Å². The molecule has 1 N–H and O–H groups in total. The van der Waals surface area contributed by atoms with Crippen molar-refractivity contribution in [2.45, 2.75) is 70.2 Å². The summed E-state index contributed by atoms with van der Waals surface area (Å²) in [6.45, 7) is 4.47. The third-order valence-electron chi connectivity index (χ3n) is 5.72. The smallest absolute Gasteiger partial charge is 0.329 e. The zero-order valence-electron chi connectivity index (χ0n) is 17.0. The zero-order valence-corrected chi connectivity index (χ0v) is 17.8. The highest BCUT2D eigenvalue weighted by atomic mass is 32.2. The Bertz CT molecular complexity index is 676. The monoisotopic (exact) mass is 404 g/mol. The van der Waals surface area contributed by atoms with Gasteiger partial charge in [-0.05, 0) is 43.7 Å². The Morgan fingerprint density at radius 1 is 1.21 bits per heavy atom. The van der Waals surface area contributed by atoms with Gasteiger partial charge in [-0.3, -0.25) is 4.90 Å². The maximum Gasteiger partial charge on any atom is 0.329 e. The van der Waals surface area contributed by atoms with Gasteiger partial charge in [0.1, 0.15) is 6.04 Å². The zero-order chi connectivity index (χ0) is 19.9. The van der Waals surface area contributed by atoms with E-state index >= 15 is 0 Å². The molecular formula is C22H32N2O3S. The standard InChI is InChI=1S/C22H32N2O3S/c1-3-4-14-27-21(25)19-15-28-20(17-11-6-5-7-12-17)24(19)22(26)23-18-13-9-8-10-16(18)2/h8-10,13,17,19-20H,3-7,11-12,14-15H2,1-2H3,(H,23,26)/t19-,20-/m1/s1. The van der Waals surface area contributed by atoms with Gasteiger partial charge in [0.2, 0.25) is 0 Å². The van der Waals surface area contributed by atoms with Crippen LogP contribution in [-0.2, 0) is 9.53 Å². The lowest BCUT2D eigenvalue weighted by Crippen LogP contribution is -2.50. The molecular weight excluding hydrogens is 372 g/mol. The number of ether oxygens (including phenoxy) is 1. The van der Waals surface area contributed by atoms with Crippen LogP contribution < -0.4 is 5.32 Å². The molecule has 1 heterocycles. The lowest BCUT2D eigenvalue weighted by Gasteiger charge is -2.35. The number of nitrogens with one attached hydrogen (secondary N) is 1. The maximum atomic E-state index is 13.3. The van der Waals surface area contributed by atoms with Crippen molar-refractivity contribution in [3.8, 4) is 0 Å². The van der Waals surface area contributed by atoms with E-state index in [1.54, 1.807) is 16.7 Å². The van der Waals surface area contributed by atoms with Gasteiger partial charge in [-0.1, -0.05) is 50.8 Å². The van der Waals surface area contributed by atoms with E-state index in [0.29, 0.717) is 18.3 Å². The molecule has 154 valence electrons. The number of aryl methyl sites for hydroxylation is 1. The fourth-order valence-corrected chi connectivity index (χ4v) is 5.68. The SMILES string of the molecule is CCCCOC(=O)[C@H]1CS[C@H](C2CCCCC2)N1C(=O)Nc1ccccc1C. The van der Waals surface area contributed by atoms with E-state index in [2.05, 4.69) is 12.2 Å². The van der Waals surface area contributed by atoms with E-state index in [0.717, 1.165) is 36.9 Å². The van der Waals surface area contributed by atoms with Crippen LogP contribution in [0.1, 0.15) is 57.4 Å². The van der Waals surface area contributed by atoms with Crippen LogP contribution in [-0.4, -0.2) is 40.7 Å². The van der Waals surface area contributed by atoms with Crippen LogP contribution in [0.2, 0.25) is 0 Å². The summed E-state index contributed by atoms with van der Waals surface area (Å²) in [6.07, 6.45) is 7.78. The molecule has 2 fully saturated rings. The van der Waals surface area contributed by atoms with Gasteiger partial charge in [0.25, 0.3) is 0 Å². The van der Waals surface area contributed by atoms with Crippen LogP contribution in [0.4, 0.5) is 10.5 Å². The second-order valence-electron chi connectivity index (χ2n) is 7.81. The molecule has 1 saturated heterocycles. The highest BCUT2D eigenvalue weighted by molar-refractivity contribution is 8.00. The number of unbranched alkanes of at least 4 members (excludes halogenated alkanes) is 1. The molecule has 0 bridgehead atoms. The van der Waals surface area contributed by atoms with Crippen molar-refractivity contribution >= 4 is 29.4 Å². The molecule has 0 spiro atoms. The van der Waals surface area contributed by atoms with E-state index in [-0.39, 0.29) is 17.4 Å². The maximum absolute atomic E-state index is 13.3. The number of para-hydroxylation sites is 1. The third-order valence-corrected chi connectivity index (χ3v) is 7.19. The van der Waals surface area contributed by atoms with Gasteiger partial charge in [0.05, 0.1) is 12.0 Å². The Kier molecular flexibility index (Phi) is 7.65. The number of hydrogen-bond donors (Lipinski definition) is 1. The molecule has 5 nitrogen and oxygen atoms in total. The Balaban J connectivity index is 1.76. The fourth-order valence-electron chi connectivity index (χ4n) is 4.06. The summed E-state index contributed by atoms with van der Waals surface area (Å²) >= 11 is 1.74. The Morgan fingerprint density at radius 2 is 1.96 bits per heavy atom. The lowest BCUT2D eigenvalue weighted by molar-refractivity contribution is -0.148. The fraction of sp³-hybridized carbons (Fsp3) is 0.636. The second-order valence-corrected chi connectivity index (χ2v) is 8.96. The molecule has 6 heteroatoms. The van der Waals surface area contributed by atoms with Crippen molar-refractivity contribution < 1.29 is 14.3 Å². The van der Waals surface area contributed by atoms with Crippen molar-refractivity contribution in [3.63, 3.8) is 0 Å². The molecule has 3 rings (SSSR count). The molecule has 0 aromatic heterocycles. The first-order chi connectivity index (χ1) is 13.6. The molecule has 1 aromatic carbocycles. The molecule has 0 radical (unpaired) electrons. The molecule has 2 atom stereocenters. The highest BCUT2D eigenvalue weighted by Crippen LogP contribution is 2.41. The van der Waals surface area contributed by atoms with E-state index in [4.69, 9.17) is 4.74 Å². The van der Waals surface area contributed by atoms with E-state index in [9.17, 15) is 9.59 Å². The van der Waals surface area contributed by atoms with Gasteiger partial charge in [0, 0.05) is 11.4 Å². The summed E-state index contributed by atoms with van der Waals surface area (Å²) in [5.41, 5.74) is 1.81. The van der Waals surface area contributed by atoms with Crippen LogP contribution in [0.15, 0.2) is 24.3 Å². The summed E-state index contributed by atoms with van der Waals surface area (Å²) in [4.78, 5) is 27.8. The number of thioether (sulfide) groups is 1. The van der Waals surface area contributed by atoms with Crippen molar-refractivity contribution in [3.05, 3.63) is 29.8 Å². The normalized spacial score (nSPS) is 22.9. The van der Waals surface area contributed by atoms with Gasteiger partial charge >= 0.3 is 12.0 Å². The number of nitrogens with zero attached hydrogens (tertiary/aromatic N) is 1. The molecule has 1 aliphatic carbocycles. The number of amides is 2. The summed E-state index contributed by atoms with van der Waals surface area (Å²) in [7, 11) is 0. The molecule has 1 aliphatic heterocycles. The number of esters is 1. The average molecular weight is 405 g/mol. The predicted molar refractivity (Wildman–Crippen MR) is 115 cm³/mol. The van der Waals surface area contributed by atoms with Crippen molar-refractivity contribution in [2.24, 2.45) is 5.92 Å². The molecule has 2 amide bonds. The van der Waals surface area contributed by atoms with Crippen LogP contribution in [0, 0.1) is 12.8 Å². The summed E-state index contributed by atoms with van der Waals surface area (Å²) < 4.78 is 5.48. The molecule has 1 aromatic rings. The predicted octanol–water partition coefficient (Wildman–Crippen LogP) is 5.19. The molecule has 2 aliphatic rings. The summed E-state index contributed by atoms with van der Waals surface area (Å²) in [5.74, 6) is 0.807. The Morgan fingerprint density at radius 3 is 2.68 bits per heavy atom. The van der Waals surface area contributed by atoms with Crippen LogP contribution in [0.3, 0.4) is 0 Å². The van der Waals surface area contributed by atoms with Crippen molar-refractivity contribution in [2.75, 3.05) is 17.7 Å². The number of benzene rings is 1. The molecule has 28 heavy (non-hydrogen) atoms. The number of carbonyl (C=O) groups is 2. The second kappa shape index (κ2) is 10.2. The quantitative estimate of drug-likeness (QED) is 0.523. The number of urea groups is 1.